The summed E-state index contributed by atoms with van der Waals surface area (Å²) >= 11 is 0. The first-order valence-corrected chi connectivity index (χ1v) is 20.5. The lowest BCUT2D eigenvalue weighted by atomic mass is 10.0. The van der Waals surface area contributed by atoms with E-state index in [1.165, 1.54) is 76.3 Å². The van der Waals surface area contributed by atoms with Gasteiger partial charge >= 0.3 is 0 Å². The van der Waals surface area contributed by atoms with E-state index in [9.17, 15) is 0 Å². The van der Waals surface area contributed by atoms with E-state index in [0.29, 0.717) is 0 Å². The molecule has 6 heteroatoms. The first-order chi connectivity index (χ1) is 25.0. The molecule has 2 heterocycles. The van der Waals surface area contributed by atoms with E-state index < -0.39 is 15.8 Å². The van der Waals surface area contributed by atoms with Crippen LogP contribution in [0.4, 0.5) is 0 Å². The van der Waals surface area contributed by atoms with Gasteiger partial charge in [-0.25, -0.2) is 0 Å². The first-order valence-electron chi connectivity index (χ1n) is 17.8. The van der Waals surface area contributed by atoms with Crippen LogP contribution in [0.5, 0.6) is 23.0 Å². The molecule has 2 aliphatic rings. The van der Waals surface area contributed by atoms with Crippen LogP contribution in [0.2, 0.25) is 0 Å². The van der Waals surface area contributed by atoms with Crippen LogP contribution in [-0.4, -0.2) is 13.6 Å². The van der Waals surface area contributed by atoms with Crippen molar-refractivity contribution in [3.8, 4) is 34.1 Å². The van der Waals surface area contributed by atoms with Gasteiger partial charge in [0.25, 0.3) is 0 Å². The van der Waals surface area contributed by atoms with Crippen LogP contribution in [0.3, 0.4) is 0 Å². The lowest BCUT2D eigenvalue weighted by Gasteiger charge is -2.26. The second-order valence-corrected chi connectivity index (χ2v) is 18.9. The van der Waals surface area contributed by atoms with Crippen molar-refractivity contribution in [2.24, 2.45) is 0 Å². The lowest BCUT2D eigenvalue weighted by molar-refractivity contribution is 0.173. The third-order valence-electron chi connectivity index (χ3n) is 9.60. The number of ether oxygens (including phenoxy) is 4. The smallest absolute Gasteiger partial charge is 0.231 e. The minimum absolute atomic E-state index is 0.168. The molecule has 0 saturated carbocycles. The minimum atomic E-state index is -1.02. The Bertz CT molecular complexity index is 2190. The van der Waals surface area contributed by atoms with E-state index in [2.05, 4.69) is 152 Å². The maximum Gasteiger partial charge on any atom is 0.231 e. The van der Waals surface area contributed by atoms with Gasteiger partial charge in [0.15, 0.2) is 23.0 Å². The van der Waals surface area contributed by atoms with Crippen LogP contribution in [0.1, 0.15) is 44.5 Å². The van der Waals surface area contributed by atoms with Gasteiger partial charge in [-0.15, -0.1) is 0 Å². The summed E-state index contributed by atoms with van der Waals surface area (Å²) in [6, 6.07) is 36.7. The Hall–Kier alpha value is -4.62. The summed E-state index contributed by atoms with van der Waals surface area (Å²) in [5.41, 5.74) is 12.0. The Morgan fingerprint density at radius 1 is 0.365 bits per heavy atom. The van der Waals surface area contributed by atoms with E-state index in [0.717, 1.165) is 34.1 Å². The summed E-state index contributed by atoms with van der Waals surface area (Å²) < 4.78 is 25.2. The quantitative estimate of drug-likeness (QED) is 0.155. The fourth-order valence-electron chi connectivity index (χ4n) is 7.91. The second kappa shape index (κ2) is 13.7. The molecule has 8 rings (SSSR count). The summed E-state index contributed by atoms with van der Waals surface area (Å²) in [7, 11) is -1.99. The minimum Gasteiger partial charge on any atom is -0.454 e. The molecule has 0 saturated heterocycles. The van der Waals surface area contributed by atoms with Crippen LogP contribution < -0.4 is 50.8 Å². The Kier molecular flexibility index (Phi) is 9.11. The molecule has 0 aromatic heterocycles. The highest BCUT2D eigenvalue weighted by Gasteiger charge is 2.33. The molecule has 52 heavy (non-hydrogen) atoms. The molecular formula is C46H44O4P2. The third kappa shape index (κ3) is 6.60. The van der Waals surface area contributed by atoms with Gasteiger partial charge in [-0.1, -0.05) is 117 Å². The highest BCUT2D eigenvalue weighted by atomic mass is 31.1. The zero-order chi connectivity index (χ0) is 36.3. The standard InChI is InChI=1S/C46H44O4P2/c1-27-11-28(2)16-35(15-27)51(36-17-29(3)12-30(4)18-36)39-23-40(45-42(24-39)48-26-49-45)44-43(10-9-41-46(44)50-25-47-41)52(37-19-31(5)13-32(6)20-37)38-21-33(7)14-34(8)22-38/h9-24H,25-26H2,1-8H3. The molecule has 0 atom stereocenters. The predicted octanol–water partition coefficient (Wildman–Crippen LogP) is 8.79. The van der Waals surface area contributed by atoms with Crippen molar-refractivity contribution in [3.05, 3.63) is 142 Å². The number of aryl methyl sites for hydroxylation is 8. The van der Waals surface area contributed by atoms with Gasteiger partial charge in [-0.2, -0.15) is 0 Å². The highest BCUT2D eigenvalue weighted by Crippen LogP contribution is 2.52. The first kappa shape index (κ1) is 34.5. The highest BCUT2D eigenvalue weighted by molar-refractivity contribution is 7.80. The van der Waals surface area contributed by atoms with Crippen molar-refractivity contribution < 1.29 is 18.9 Å². The molecule has 6 aromatic rings. The molecule has 4 nitrogen and oxygen atoms in total. The summed E-state index contributed by atoms with van der Waals surface area (Å²) in [5, 5.41) is 7.63. The molecule has 6 aromatic carbocycles. The number of hydrogen-bond donors (Lipinski definition) is 0. The van der Waals surface area contributed by atoms with Crippen molar-refractivity contribution in [3.63, 3.8) is 0 Å². The summed E-state index contributed by atoms with van der Waals surface area (Å²) in [5.74, 6) is 3.02. The fourth-order valence-corrected chi connectivity index (χ4v) is 13.5. The molecule has 0 N–H and O–H groups in total. The van der Waals surface area contributed by atoms with Gasteiger partial charge in [0.1, 0.15) is 0 Å². The van der Waals surface area contributed by atoms with E-state index in [4.69, 9.17) is 18.9 Å². The van der Waals surface area contributed by atoms with Crippen LogP contribution in [0.15, 0.2) is 97.1 Å². The molecular weight excluding hydrogens is 678 g/mol. The molecule has 262 valence electrons. The van der Waals surface area contributed by atoms with Gasteiger partial charge in [-0.3, -0.25) is 0 Å². The molecule has 0 amide bonds. The van der Waals surface area contributed by atoms with Gasteiger partial charge in [0, 0.05) is 11.1 Å². The Morgan fingerprint density at radius 3 is 1.21 bits per heavy atom. The van der Waals surface area contributed by atoms with Crippen LogP contribution in [0, 0.1) is 55.4 Å². The summed E-state index contributed by atoms with van der Waals surface area (Å²) in [6.07, 6.45) is 0. The average molecular weight is 723 g/mol. The van der Waals surface area contributed by atoms with Gasteiger partial charge < -0.3 is 18.9 Å². The Balaban J connectivity index is 1.44. The largest absolute Gasteiger partial charge is 0.454 e. The lowest BCUT2D eigenvalue weighted by Crippen LogP contribution is -2.24. The number of fused-ring (bicyclic) bond motifs is 2. The number of benzene rings is 6. The monoisotopic (exact) mass is 722 g/mol. The van der Waals surface area contributed by atoms with Crippen LogP contribution in [-0.2, 0) is 0 Å². The van der Waals surface area contributed by atoms with Crippen molar-refractivity contribution >= 4 is 47.7 Å². The molecule has 0 fully saturated rings. The molecule has 2 aliphatic heterocycles. The maximum atomic E-state index is 6.43. The van der Waals surface area contributed by atoms with Crippen molar-refractivity contribution in [1.29, 1.82) is 0 Å². The molecule has 0 radical (unpaired) electrons. The van der Waals surface area contributed by atoms with Crippen LogP contribution in [0.25, 0.3) is 11.1 Å². The van der Waals surface area contributed by atoms with E-state index in [1.807, 2.05) is 0 Å². The van der Waals surface area contributed by atoms with Gasteiger partial charge in [0.2, 0.25) is 13.6 Å². The molecule has 0 unspecified atom stereocenters. The summed E-state index contributed by atoms with van der Waals surface area (Å²) in [4.78, 5) is 0. The summed E-state index contributed by atoms with van der Waals surface area (Å²) in [6.45, 7) is 17.9. The third-order valence-corrected chi connectivity index (χ3v) is 14.3. The van der Waals surface area contributed by atoms with Gasteiger partial charge in [-0.05, 0) is 127 Å². The topological polar surface area (TPSA) is 36.9 Å². The zero-order valence-corrected chi connectivity index (χ0v) is 33.0. The molecule has 0 aliphatic carbocycles. The van der Waals surface area contributed by atoms with Crippen molar-refractivity contribution in [2.75, 3.05) is 13.6 Å². The number of hydrogen-bond acceptors (Lipinski definition) is 4. The normalized spacial score (nSPS) is 13.0. The molecule has 0 spiro atoms. The second-order valence-electron chi connectivity index (χ2n) is 14.5. The fraction of sp³-hybridized carbons (Fsp3) is 0.217. The van der Waals surface area contributed by atoms with E-state index >= 15 is 0 Å². The van der Waals surface area contributed by atoms with Crippen molar-refractivity contribution in [1.82, 2.24) is 0 Å². The molecule has 0 bridgehead atoms. The zero-order valence-electron chi connectivity index (χ0n) is 31.2. The van der Waals surface area contributed by atoms with E-state index in [-0.39, 0.29) is 13.6 Å². The Labute approximate surface area is 310 Å². The van der Waals surface area contributed by atoms with Gasteiger partial charge in [0.05, 0.1) is 0 Å². The maximum absolute atomic E-state index is 6.43. The van der Waals surface area contributed by atoms with Crippen molar-refractivity contribution in [2.45, 2.75) is 55.4 Å². The van der Waals surface area contributed by atoms with Crippen LogP contribution >= 0.6 is 15.8 Å². The SMILES string of the molecule is Cc1cc(C)cc(P(c2cc(C)cc(C)c2)c2cc3c(c(-c4c(P(c5cc(C)cc(C)c5)c5cc(C)cc(C)c5)ccc5c4OCO5)c2)OCO3)c1. The van der Waals surface area contributed by atoms with E-state index in [1.54, 1.807) is 0 Å². The Morgan fingerprint density at radius 2 is 0.750 bits per heavy atom. The predicted molar refractivity (Wildman–Crippen MR) is 219 cm³/mol. The average Bonchev–Trinajstić information content (AvgIpc) is 3.73. The number of rotatable bonds is 7.